The Kier molecular flexibility index (Phi) is 6.27. The second-order valence-electron chi connectivity index (χ2n) is 4.85. The average Bonchev–Trinajstić information content (AvgIpc) is 2.80. The Labute approximate surface area is 108 Å². The average molecular weight is 251 g/mol. The molecule has 0 aromatic rings. The van der Waals surface area contributed by atoms with Crippen LogP contribution < -0.4 is 5.32 Å². The smallest absolute Gasteiger partial charge is 0.306 e. The van der Waals surface area contributed by atoms with Crippen LogP contribution in [0.5, 0.6) is 0 Å². The topological polar surface area (TPSA) is 66.4 Å². The molecule has 0 bridgehead atoms. The van der Waals surface area contributed by atoms with Gasteiger partial charge in [0.05, 0.1) is 5.92 Å². The van der Waals surface area contributed by atoms with Crippen molar-refractivity contribution >= 4 is 11.9 Å². The van der Waals surface area contributed by atoms with Gasteiger partial charge in [-0.2, -0.15) is 0 Å². The molecule has 1 amide bonds. The van der Waals surface area contributed by atoms with E-state index in [9.17, 15) is 9.59 Å². The van der Waals surface area contributed by atoms with Gasteiger partial charge in [-0.3, -0.25) is 9.59 Å². The zero-order valence-electron chi connectivity index (χ0n) is 10.7. The molecule has 0 saturated heterocycles. The summed E-state index contributed by atoms with van der Waals surface area (Å²) in [5.74, 6) is 1.62. The lowest BCUT2D eigenvalue weighted by Crippen LogP contribution is -2.32. The minimum absolute atomic E-state index is 0.00283. The van der Waals surface area contributed by atoms with Gasteiger partial charge < -0.3 is 10.4 Å². The van der Waals surface area contributed by atoms with Crippen LogP contribution in [-0.2, 0) is 9.59 Å². The first-order valence-electron chi connectivity index (χ1n) is 6.58. The van der Waals surface area contributed by atoms with Crippen molar-refractivity contribution in [3.63, 3.8) is 0 Å². The molecule has 2 atom stereocenters. The predicted molar refractivity (Wildman–Crippen MR) is 68.8 cm³/mol. The lowest BCUT2D eigenvalue weighted by Gasteiger charge is -2.16. The van der Waals surface area contributed by atoms with Crippen LogP contribution in [0, 0.1) is 24.2 Å². The number of amides is 1. The van der Waals surface area contributed by atoms with Crippen LogP contribution in [-0.4, -0.2) is 23.5 Å². The van der Waals surface area contributed by atoms with Crippen molar-refractivity contribution in [1.82, 2.24) is 5.32 Å². The number of carboxylic acids is 1. The van der Waals surface area contributed by atoms with Crippen LogP contribution in [0.4, 0.5) is 0 Å². The van der Waals surface area contributed by atoms with Gasteiger partial charge in [0.15, 0.2) is 0 Å². The number of unbranched alkanes of at least 4 members (excludes halogenated alkanes) is 2. The number of terminal acetylenes is 1. The molecule has 1 fully saturated rings. The molecule has 0 aromatic carbocycles. The highest BCUT2D eigenvalue weighted by Gasteiger charge is 2.32. The second kappa shape index (κ2) is 7.75. The summed E-state index contributed by atoms with van der Waals surface area (Å²) in [4.78, 5) is 22.5. The molecule has 100 valence electrons. The molecule has 2 unspecified atom stereocenters. The summed E-state index contributed by atoms with van der Waals surface area (Å²) in [6.45, 7) is 0.491. The van der Waals surface area contributed by atoms with Crippen LogP contribution in [0.15, 0.2) is 0 Å². The van der Waals surface area contributed by atoms with Gasteiger partial charge in [0.25, 0.3) is 0 Å². The first-order chi connectivity index (χ1) is 8.65. The van der Waals surface area contributed by atoms with Crippen LogP contribution in [0.3, 0.4) is 0 Å². The summed E-state index contributed by atoms with van der Waals surface area (Å²) in [5, 5.41) is 11.9. The van der Waals surface area contributed by atoms with E-state index in [0.717, 1.165) is 32.1 Å². The largest absolute Gasteiger partial charge is 0.481 e. The van der Waals surface area contributed by atoms with E-state index in [-0.39, 0.29) is 17.7 Å². The van der Waals surface area contributed by atoms with E-state index in [1.807, 2.05) is 0 Å². The van der Waals surface area contributed by atoms with Crippen molar-refractivity contribution in [2.75, 3.05) is 6.54 Å². The zero-order valence-corrected chi connectivity index (χ0v) is 10.7. The molecule has 4 heteroatoms. The molecule has 1 rings (SSSR count). The molecule has 18 heavy (non-hydrogen) atoms. The molecule has 2 N–H and O–H groups in total. The summed E-state index contributed by atoms with van der Waals surface area (Å²) in [6.07, 6.45) is 10.5. The first-order valence-corrected chi connectivity index (χ1v) is 6.58. The normalized spacial score (nSPS) is 22.4. The van der Waals surface area contributed by atoms with Crippen molar-refractivity contribution < 1.29 is 14.7 Å². The van der Waals surface area contributed by atoms with Crippen molar-refractivity contribution in [2.24, 2.45) is 11.8 Å². The number of nitrogens with one attached hydrogen (secondary N) is 1. The number of hydrogen-bond acceptors (Lipinski definition) is 2. The quantitative estimate of drug-likeness (QED) is 0.535. The Morgan fingerprint density at radius 3 is 2.78 bits per heavy atom. The summed E-state index contributed by atoms with van der Waals surface area (Å²) < 4.78 is 0. The van der Waals surface area contributed by atoms with E-state index in [1.54, 1.807) is 0 Å². The van der Waals surface area contributed by atoms with Crippen molar-refractivity contribution in [2.45, 2.75) is 44.9 Å². The summed E-state index contributed by atoms with van der Waals surface area (Å²) in [6, 6.07) is 0. The highest BCUT2D eigenvalue weighted by atomic mass is 16.4. The Balaban J connectivity index is 2.18. The van der Waals surface area contributed by atoms with Crippen LogP contribution in [0.2, 0.25) is 0 Å². The fourth-order valence-corrected chi connectivity index (χ4v) is 2.45. The Bertz CT molecular complexity index is 332. The molecule has 4 nitrogen and oxygen atoms in total. The Hall–Kier alpha value is -1.50. The summed E-state index contributed by atoms with van der Waals surface area (Å²) >= 11 is 0. The third kappa shape index (κ3) is 4.79. The molecule has 0 heterocycles. The number of carbonyl (C=O) groups is 2. The minimum atomic E-state index is -0.735. The van der Waals surface area contributed by atoms with E-state index in [0.29, 0.717) is 19.4 Å². The maximum atomic E-state index is 11.5. The molecule has 0 spiro atoms. The number of carboxylic acid groups (broad SMARTS) is 1. The van der Waals surface area contributed by atoms with Gasteiger partial charge in [0.1, 0.15) is 0 Å². The van der Waals surface area contributed by atoms with Crippen LogP contribution in [0.25, 0.3) is 0 Å². The minimum Gasteiger partial charge on any atom is -0.481 e. The lowest BCUT2D eigenvalue weighted by atomic mass is 9.96. The van der Waals surface area contributed by atoms with Gasteiger partial charge >= 0.3 is 5.97 Å². The van der Waals surface area contributed by atoms with Crippen molar-refractivity contribution in [1.29, 1.82) is 0 Å². The first kappa shape index (κ1) is 14.6. The van der Waals surface area contributed by atoms with E-state index < -0.39 is 5.97 Å². The number of rotatable bonds is 7. The molecule has 0 aliphatic heterocycles. The van der Waals surface area contributed by atoms with Crippen LogP contribution >= 0.6 is 0 Å². The van der Waals surface area contributed by atoms with Crippen molar-refractivity contribution in [3.8, 4) is 12.3 Å². The molecule has 1 saturated carbocycles. The highest BCUT2D eigenvalue weighted by Crippen LogP contribution is 2.31. The van der Waals surface area contributed by atoms with Gasteiger partial charge in [-0.25, -0.2) is 0 Å². The molecule has 1 aliphatic carbocycles. The van der Waals surface area contributed by atoms with Crippen molar-refractivity contribution in [3.05, 3.63) is 0 Å². The molecular formula is C14H21NO3. The van der Waals surface area contributed by atoms with Gasteiger partial charge in [-0.05, 0) is 31.6 Å². The fraction of sp³-hybridized carbons (Fsp3) is 0.714. The fourth-order valence-electron chi connectivity index (χ4n) is 2.45. The summed E-state index contributed by atoms with van der Waals surface area (Å²) in [7, 11) is 0. The Morgan fingerprint density at radius 1 is 1.33 bits per heavy atom. The number of hydrogen-bond donors (Lipinski definition) is 2. The van der Waals surface area contributed by atoms with E-state index >= 15 is 0 Å². The molecule has 1 aliphatic rings. The van der Waals surface area contributed by atoms with E-state index in [4.69, 9.17) is 11.5 Å². The SMILES string of the molecule is C#CCCCCC(=O)NCC1CCCC1C(=O)O. The third-order valence-electron chi connectivity index (χ3n) is 3.51. The maximum Gasteiger partial charge on any atom is 0.306 e. The maximum absolute atomic E-state index is 11.5. The lowest BCUT2D eigenvalue weighted by molar-refractivity contribution is -0.143. The van der Waals surface area contributed by atoms with E-state index in [2.05, 4.69) is 11.2 Å². The van der Waals surface area contributed by atoms with Gasteiger partial charge in [0.2, 0.25) is 5.91 Å². The molecular weight excluding hydrogens is 230 g/mol. The number of carbonyl (C=O) groups excluding carboxylic acids is 1. The predicted octanol–water partition coefficient (Wildman–Crippen LogP) is 1.80. The van der Waals surface area contributed by atoms with Gasteiger partial charge in [0, 0.05) is 19.4 Å². The molecule has 0 radical (unpaired) electrons. The Morgan fingerprint density at radius 2 is 2.11 bits per heavy atom. The van der Waals surface area contributed by atoms with Gasteiger partial charge in [-0.1, -0.05) is 6.42 Å². The standard InChI is InChI=1S/C14H21NO3/c1-2-3-4-5-9-13(16)15-10-11-7-6-8-12(11)14(17)18/h1,11-12H,3-10H2,(H,15,16)(H,17,18). The zero-order chi connectivity index (χ0) is 13.4. The monoisotopic (exact) mass is 251 g/mol. The summed E-state index contributed by atoms with van der Waals surface area (Å²) in [5.41, 5.74) is 0. The van der Waals surface area contributed by atoms with Gasteiger partial charge in [-0.15, -0.1) is 12.3 Å². The molecule has 0 aromatic heterocycles. The second-order valence-corrected chi connectivity index (χ2v) is 4.85. The third-order valence-corrected chi connectivity index (χ3v) is 3.51. The highest BCUT2D eigenvalue weighted by molar-refractivity contribution is 5.76. The van der Waals surface area contributed by atoms with Crippen LogP contribution in [0.1, 0.15) is 44.9 Å². The van der Waals surface area contributed by atoms with E-state index in [1.165, 1.54) is 0 Å². The number of aliphatic carboxylic acids is 1.